The Balaban J connectivity index is 1.79. The molecule has 7 heteroatoms. The highest BCUT2D eigenvalue weighted by molar-refractivity contribution is 5.81. The number of nitrogens with two attached hydrogens (primary N) is 1. The Morgan fingerprint density at radius 1 is 1.38 bits per heavy atom. The van der Waals surface area contributed by atoms with Crippen LogP contribution in [0.15, 0.2) is 24.3 Å². The van der Waals surface area contributed by atoms with Gasteiger partial charge in [0.25, 0.3) is 0 Å². The number of nitrogens with zero attached hydrogens (tertiary/aromatic N) is 1. The molecule has 2 rings (SSSR count). The zero-order valence-corrected chi connectivity index (χ0v) is 14.2. The highest BCUT2D eigenvalue weighted by Crippen LogP contribution is 2.17. The smallest absolute Gasteiger partial charge is 0.239 e. The number of carbonyl (C=O) groups is 1. The van der Waals surface area contributed by atoms with Gasteiger partial charge in [-0.05, 0) is 6.07 Å². The third kappa shape index (κ3) is 6.09. The molecule has 1 aromatic carbocycles. The number of hydrogen-bond donors (Lipinski definition) is 2. The first-order chi connectivity index (χ1) is 11.7. The van der Waals surface area contributed by atoms with Crippen molar-refractivity contribution < 1.29 is 19.0 Å². The first-order valence-corrected chi connectivity index (χ1v) is 8.23. The third-order valence-electron chi connectivity index (χ3n) is 3.88. The molecule has 1 aliphatic heterocycles. The van der Waals surface area contributed by atoms with Crippen LogP contribution >= 0.6 is 0 Å². The van der Waals surface area contributed by atoms with Crippen LogP contribution in [0.3, 0.4) is 0 Å². The summed E-state index contributed by atoms with van der Waals surface area (Å²) in [6.07, 6.45) is 0. The molecule has 0 spiro atoms. The van der Waals surface area contributed by atoms with E-state index < -0.39 is 6.04 Å². The number of methoxy groups -OCH3 is 1. The van der Waals surface area contributed by atoms with Gasteiger partial charge in [0.2, 0.25) is 5.91 Å². The minimum atomic E-state index is -0.663. The summed E-state index contributed by atoms with van der Waals surface area (Å²) in [7, 11) is 1.52. The van der Waals surface area contributed by atoms with Gasteiger partial charge in [0.15, 0.2) is 0 Å². The fourth-order valence-corrected chi connectivity index (χ4v) is 2.47. The van der Waals surface area contributed by atoms with E-state index in [1.54, 1.807) is 0 Å². The van der Waals surface area contributed by atoms with Gasteiger partial charge in [-0.3, -0.25) is 9.69 Å². The molecule has 1 aromatic rings. The molecule has 1 heterocycles. The van der Waals surface area contributed by atoms with Gasteiger partial charge in [0.05, 0.1) is 19.8 Å². The largest absolute Gasteiger partial charge is 0.492 e. The molecule has 1 atom stereocenters. The topological polar surface area (TPSA) is 86.0 Å². The van der Waals surface area contributed by atoms with Crippen molar-refractivity contribution in [3.05, 3.63) is 29.8 Å². The van der Waals surface area contributed by atoms with Gasteiger partial charge in [-0.25, -0.2) is 0 Å². The molecule has 0 aliphatic carbocycles. The SMILES string of the molecule is COCC(N)C(=O)NCc1ccccc1OCCN1CCOCC1. The first kappa shape index (κ1) is 18.7. The summed E-state index contributed by atoms with van der Waals surface area (Å²) in [4.78, 5) is 14.2. The number of nitrogens with one attached hydrogen (secondary N) is 1. The molecule has 1 amide bonds. The van der Waals surface area contributed by atoms with Crippen molar-refractivity contribution in [2.45, 2.75) is 12.6 Å². The van der Waals surface area contributed by atoms with Crippen LogP contribution in [-0.2, 0) is 20.8 Å². The Hall–Kier alpha value is -1.67. The van der Waals surface area contributed by atoms with E-state index in [4.69, 9.17) is 19.9 Å². The molecular formula is C17H27N3O4. The van der Waals surface area contributed by atoms with Crippen molar-refractivity contribution in [2.75, 3.05) is 53.2 Å². The minimum Gasteiger partial charge on any atom is -0.492 e. The number of carbonyl (C=O) groups excluding carboxylic acids is 1. The minimum absolute atomic E-state index is 0.198. The number of ether oxygens (including phenoxy) is 3. The molecule has 0 radical (unpaired) electrons. The standard InChI is InChI=1S/C17H27N3O4/c1-22-13-15(18)17(21)19-12-14-4-2-3-5-16(14)24-11-8-20-6-9-23-10-7-20/h2-5,15H,6-13,18H2,1H3,(H,19,21). The lowest BCUT2D eigenvalue weighted by atomic mass is 10.2. The predicted molar refractivity (Wildman–Crippen MR) is 90.9 cm³/mol. The molecule has 1 fully saturated rings. The van der Waals surface area contributed by atoms with Crippen LogP contribution < -0.4 is 15.8 Å². The summed E-state index contributed by atoms with van der Waals surface area (Å²) in [6.45, 7) is 5.50. The Morgan fingerprint density at radius 3 is 2.88 bits per heavy atom. The number of morpholine rings is 1. The first-order valence-electron chi connectivity index (χ1n) is 8.23. The fourth-order valence-electron chi connectivity index (χ4n) is 2.47. The summed E-state index contributed by atoms with van der Waals surface area (Å²) in [5.74, 6) is 0.548. The molecule has 3 N–H and O–H groups in total. The quantitative estimate of drug-likeness (QED) is 0.659. The molecular weight excluding hydrogens is 310 g/mol. The highest BCUT2D eigenvalue weighted by atomic mass is 16.5. The molecule has 1 saturated heterocycles. The second kappa shape index (κ2) is 10.2. The normalized spacial score (nSPS) is 16.6. The summed E-state index contributed by atoms with van der Waals surface area (Å²) in [5.41, 5.74) is 6.64. The lowest BCUT2D eigenvalue weighted by molar-refractivity contribution is -0.123. The zero-order valence-electron chi connectivity index (χ0n) is 14.2. The van der Waals surface area contributed by atoms with Gasteiger partial charge in [-0.2, -0.15) is 0 Å². The van der Waals surface area contributed by atoms with E-state index in [-0.39, 0.29) is 12.5 Å². The van der Waals surface area contributed by atoms with Crippen molar-refractivity contribution in [2.24, 2.45) is 5.73 Å². The highest BCUT2D eigenvalue weighted by Gasteiger charge is 2.14. The number of benzene rings is 1. The molecule has 1 aliphatic rings. The van der Waals surface area contributed by atoms with E-state index >= 15 is 0 Å². The van der Waals surface area contributed by atoms with Crippen molar-refractivity contribution in [1.29, 1.82) is 0 Å². The molecule has 134 valence electrons. The number of rotatable bonds is 9. The second-order valence-corrected chi connectivity index (χ2v) is 5.69. The number of amides is 1. The molecule has 0 saturated carbocycles. The summed E-state index contributed by atoms with van der Waals surface area (Å²) in [5, 5.41) is 2.81. The Morgan fingerprint density at radius 2 is 2.12 bits per heavy atom. The van der Waals surface area contributed by atoms with Crippen molar-refractivity contribution in [1.82, 2.24) is 10.2 Å². The van der Waals surface area contributed by atoms with Gasteiger partial charge in [0.1, 0.15) is 18.4 Å². The van der Waals surface area contributed by atoms with Crippen LogP contribution in [0, 0.1) is 0 Å². The molecule has 0 bridgehead atoms. The van der Waals surface area contributed by atoms with Crippen LogP contribution in [0.1, 0.15) is 5.56 Å². The summed E-state index contributed by atoms with van der Waals surface area (Å²) < 4.78 is 16.1. The maximum atomic E-state index is 11.9. The van der Waals surface area contributed by atoms with Gasteiger partial charge >= 0.3 is 0 Å². The molecule has 7 nitrogen and oxygen atoms in total. The summed E-state index contributed by atoms with van der Waals surface area (Å²) in [6, 6.07) is 7.03. The average Bonchev–Trinajstić information content (AvgIpc) is 2.61. The fraction of sp³-hybridized carbons (Fsp3) is 0.588. The third-order valence-corrected chi connectivity index (χ3v) is 3.88. The lowest BCUT2D eigenvalue weighted by Gasteiger charge is -2.26. The van der Waals surface area contributed by atoms with E-state index in [0.29, 0.717) is 13.2 Å². The Kier molecular flexibility index (Phi) is 7.97. The van der Waals surface area contributed by atoms with E-state index in [1.165, 1.54) is 7.11 Å². The van der Waals surface area contributed by atoms with E-state index in [9.17, 15) is 4.79 Å². The van der Waals surface area contributed by atoms with Gasteiger partial charge in [-0.15, -0.1) is 0 Å². The predicted octanol–water partition coefficient (Wildman–Crippen LogP) is -0.0125. The van der Waals surface area contributed by atoms with Gasteiger partial charge in [0, 0.05) is 38.9 Å². The van der Waals surface area contributed by atoms with Gasteiger partial charge in [-0.1, -0.05) is 18.2 Å². The van der Waals surface area contributed by atoms with Crippen LogP contribution in [0.4, 0.5) is 0 Å². The van der Waals surface area contributed by atoms with Crippen LogP contribution in [0.25, 0.3) is 0 Å². The Bertz CT molecular complexity index is 506. The van der Waals surface area contributed by atoms with E-state index in [2.05, 4.69) is 10.2 Å². The van der Waals surface area contributed by atoms with Gasteiger partial charge < -0.3 is 25.3 Å². The molecule has 24 heavy (non-hydrogen) atoms. The van der Waals surface area contributed by atoms with E-state index in [1.807, 2.05) is 24.3 Å². The van der Waals surface area contributed by atoms with Crippen LogP contribution in [0.5, 0.6) is 5.75 Å². The maximum Gasteiger partial charge on any atom is 0.239 e. The van der Waals surface area contributed by atoms with Crippen molar-refractivity contribution >= 4 is 5.91 Å². The second-order valence-electron chi connectivity index (χ2n) is 5.69. The Labute approximate surface area is 143 Å². The van der Waals surface area contributed by atoms with Crippen LogP contribution in [-0.4, -0.2) is 70.0 Å². The zero-order chi connectivity index (χ0) is 17.2. The number of para-hydroxylation sites is 1. The summed E-state index contributed by atoms with van der Waals surface area (Å²) >= 11 is 0. The van der Waals surface area contributed by atoms with E-state index in [0.717, 1.165) is 44.2 Å². The van der Waals surface area contributed by atoms with Crippen molar-refractivity contribution in [3.63, 3.8) is 0 Å². The lowest BCUT2D eigenvalue weighted by Crippen LogP contribution is -2.43. The van der Waals surface area contributed by atoms with Crippen LogP contribution in [0.2, 0.25) is 0 Å². The molecule has 1 unspecified atom stereocenters. The number of hydrogen-bond acceptors (Lipinski definition) is 6. The average molecular weight is 337 g/mol. The molecule has 0 aromatic heterocycles. The monoisotopic (exact) mass is 337 g/mol. The van der Waals surface area contributed by atoms with Crippen molar-refractivity contribution in [3.8, 4) is 5.75 Å². The maximum absolute atomic E-state index is 11.9.